The first-order valence-electron chi connectivity index (χ1n) is 10.2. The number of sulfonamides is 1. The number of nitrogens with one attached hydrogen (secondary N) is 2. The second kappa shape index (κ2) is 11.7. The van der Waals surface area contributed by atoms with Gasteiger partial charge >= 0.3 is 0 Å². The molecule has 1 aliphatic heterocycles. The summed E-state index contributed by atoms with van der Waals surface area (Å²) in [7, 11) is -3.89. The van der Waals surface area contributed by atoms with E-state index in [4.69, 9.17) is 20.4 Å². The van der Waals surface area contributed by atoms with Crippen molar-refractivity contribution in [3.05, 3.63) is 22.3 Å². The number of benzene rings is 1. The molecule has 0 aromatic heterocycles. The minimum absolute atomic E-state index is 0. The molecule has 0 bridgehead atoms. The molecule has 1 unspecified atom stereocenters. The number of aliphatic imine (C=N–C) groups is 1. The maximum atomic E-state index is 13.1. The molecule has 1 aromatic rings. The molecule has 10 nitrogen and oxygen atoms in total. The summed E-state index contributed by atoms with van der Waals surface area (Å²) in [6.45, 7) is 11.4. The Bertz CT molecular complexity index is 980. The van der Waals surface area contributed by atoms with E-state index in [0.29, 0.717) is 36.9 Å². The molecule has 1 heterocycles. The summed E-state index contributed by atoms with van der Waals surface area (Å²) in [6, 6.07) is -0.0215. The fourth-order valence-corrected chi connectivity index (χ4v) is 5.16. The van der Waals surface area contributed by atoms with Gasteiger partial charge < -0.3 is 25.7 Å². The van der Waals surface area contributed by atoms with E-state index in [1.165, 1.54) is 0 Å². The Morgan fingerprint density at radius 3 is 2.42 bits per heavy atom. The van der Waals surface area contributed by atoms with Crippen LogP contribution in [0.2, 0.25) is 0 Å². The van der Waals surface area contributed by atoms with Gasteiger partial charge in [0.2, 0.25) is 5.96 Å². The SMILES string of the molecule is Cc1c(C)c(S(=O)(=O)NC(N)=NCCCC(C)N[C-]=O)c(C)c2c1OC(C)(C)C2.O=CO.[Fm]. The van der Waals surface area contributed by atoms with Gasteiger partial charge in [-0.05, 0) is 77.1 Å². The van der Waals surface area contributed by atoms with Crippen LogP contribution in [0.25, 0.3) is 0 Å². The first kappa shape index (κ1) is 29.2. The van der Waals surface area contributed by atoms with Crippen LogP contribution in [0.4, 0.5) is 0 Å². The molecule has 0 aliphatic carbocycles. The quantitative estimate of drug-likeness (QED) is 0.0789. The predicted octanol–water partition coefficient (Wildman–Crippen LogP) is 1.44. The molecule has 1 amide bonds. The van der Waals surface area contributed by atoms with Crippen molar-refractivity contribution in [3.8, 4) is 5.75 Å². The van der Waals surface area contributed by atoms with Crippen LogP contribution in [0.5, 0.6) is 5.75 Å². The van der Waals surface area contributed by atoms with Gasteiger partial charge in [0, 0.05) is 18.5 Å². The second-order valence-electron chi connectivity index (χ2n) is 8.32. The average molecular weight is 727 g/mol. The number of nitrogens with two attached hydrogens (primary N) is 1. The molecular weight excluding hydrogens is 693 g/mol. The van der Waals surface area contributed by atoms with Gasteiger partial charge in [0.05, 0.1) is 4.90 Å². The number of fused-ring (bicyclic) bond motifs is 1. The molecule has 0 saturated heterocycles. The van der Waals surface area contributed by atoms with Gasteiger partial charge in [0.25, 0.3) is 16.5 Å². The van der Waals surface area contributed by atoms with E-state index in [0.717, 1.165) is 16.9 Å². The van der Waals surface area contributed by atoms with Crippen LogP contribution in [-0.4, -0.2) is 50.6 Å². The second-order valence-corrected chi connectivity index (χ2v) is 9.94. The van der Waals surface area contributed by atoms with Crippen LogP contribution in [0.1, 0.15) is 55.9 Å². The topological polar surface area (TPSA) is 160 Å². The van der Waals surface area contributed by atoms with Crippen molar-refractivity contribution in [2.24, 2.45) is 10.7 Å². The molecule has 0 spiro atoms. The molecule has 0 fully saturated rings. The summed E-state index contributed by atoms with van der Waals surface area (Å²) in [5.74, 6) is 0.627. The number of hydrogen-bond donors (Lipinski definition) is 4. The van der Waals surface area contributed by atoms with Gasteiger partial charge in [0.1, 0.15) is 11.4 Å². The summed E-state index contributed by atoms with van der Waals surface area (Å²) in [4.78, 5) is 23.0. The fourth-order valence-electron chi connectivity index (χ4n) is 3.64. The molecule has 0 saturated carbocycles. The van der Waals surface area contributed by atoms with Crippen LogP contribution in [0, 0.1) is 20.8 Å². The number of hydrogen-bond acceptors (Lipinski definition) is 6. The van der Waals surface area contributed by atoms with Gasteiger partial charge in [-0.1, -0.05) is 0 Å². The number of carbonyl (C=O) groups is 1. The molecular formula is C21H33FmN4O6S-. The molecule has 1 aliphatic rings. The summed E-state index contributed by atoms with van der Waals surface area (Å²) in [5.41, 5.74) is 8.52. The van der Waals surface area contributed by atoms with Gasteiger partial charge in [-0.3, -0.25) is 9.79 Å². The molecule has 192 valence electrons. The molecule has 0 radical (unpaired) electrons. The Labute approximate surface area is 189 Å². The minimum atomic E-state index is -3.89. The number of ether oxygens (including phenoxy) is 1. The average Bonchev–Trinajstić information content (AvgIpc) is 3.00. The summed E-state index contributed by atoms with van der Waals surface area (Å²) < 4.78 is 34.5. The standard InChI is InChI=1S/C20H31N4O4S.CH2O2.Fm/c1-12(23-11-25)8-7-9-22-19(21)24-29(26,27)18-14(3)13(2)17-16(15(18)4)10-20(5,6)28-17;2-1-3;/h12H,7-10H2,1-6H3,(H,23,25)(H3,21,22,24);1H,(H,2,3);/q-1;;. The predicted molar refractivity (Wildman–Crippen MR) is 122 cm³/mol. The van der Waals surface area contributed by atoms with Gasteiger partial charge in [0.15, 0.2) is 0 Å². The van der Waals surface area contributed by atoms with Gasteiger partial charge in [-0.2, -0.15) is 6.41 Å². The number of carbonyl (C=O) groups excluding carboxylic acids is 1. The molecule has 12 heteroatoms. The third kappa shape index (κ3) is 7.37. The Kier molecular flexibility index (Phi) is 10.3. The Morgan fingerprint density at radius 1 is 1.30 bits per heavy atom. The maximum absolute atomic E-state index is 13.1. The van der Waals surface area contributed by atoms with Crippen molar-refractivity contribution < 1.29 is 27.9 Å². The zero-order chi connectivity index (χ0) is 24.7. The molecule has 5 N–H and O–H groups in total. The summed E-state index contributed by atoms with van der Waals surface area (Å²) >= 11 is 0. The van der Waals surface area contributed by atoms with Crippen molar-refractivity contribution in [2.45, 2.75) is 77.3 Å². The summed E-state index contributed by atoms with van der Waals surface area (Å²) in [5, 5.41) is 9.42. The smallest absolute Gasteiger partial charge is 0.290 e. The number of guanidine groups is 1. The van der Waals surface area contributed by atoms with Crippen molar-refractivity contribution in [2.75, 3.05) is 6.54 Å². The zero-order valence-electron chi connectivity index (χ0n) is 19.7. The third-order valence-corrected chi connectivity index (χ3v) is 6.81. The number of nitrogens with zero attached hydrogens (tertiary/aromatic N) is 1. The molecule has 1 atom stereocenters. The van der Waals surface area contributed by atoms with E-state index in [1.54, 1.807) is 20.3 Å². The van der Waals surface area contributed by atoms with Crippen molar-refractivity contribution in [1.82, 2.24) is 10.0 Å². The minimum Gasteiger partial charge on any atom is -0.528 e. The zero-order valence-corrected chi connectivity index (χ0v) is 22.9. The van der Waals surface area contributed by atoms with E-state index in [2.05, 4.69) is 15.0 Å². The van der Waals surface area contributed by atoms with Gasteiger partial charge in [-0.15, -0.1) is 0 Å². The van der Waals surface area contributed by atoms with E-state index in [1.807, 2.05) is 27.7 Å². The van der Waals surface area contributed by atoms with Crippen molar-refractivity contribution >= 4 is 28.9 Å². The van der Waals surface area contributed by atoms with Crippen molar-refractivity contribution in [1.29, 1.82) is 0 Å². The molecule has 33 heavy (non-hydrogen) atoms. The van der Waals surface area contributed by atoms with Crippen LogP contribution in [-0.2, 0) is 26.0 Å². The van der Waals surface area contributed by atoms with Crippen LogP contribution < -0.4 is 20.5 Å². The van der Waals surface area contributed by atoms with Crippen LogP contribution in [0.15, 0.2) is 9.89 Å². The monoisotopic (exact) mass is 726 g/mol. The Morgan fingerprint density at radius 2 is 1.88 bits per heavy atom. The number of amides is 1. The summed E-state index contributed by atoms with van der Waals surface area (Å²) in [6.07, 6.45) is 3.63. The van der Waals surface area contributed by atoms with E-state index in [9.17, 15) is 13.2 Å². The fraction of sp³-hybridized carbons (Fsp3) is 0.571. The number of carboxylic acid groups (broad SMARTS) is 1. The van der Waals surface area contributed by atoms with Crippen LogP contribution in [0.3, 0.4) is 0 Å². The first-order valence-corrected chi connectivity index (χ1v) is 11.6. The van der Waals surface area contributed by atoms with Crippen LogP contribution >= 0.6 is 0 Å². The van der Waals surface area contributed by atoms with E-state index < -0.39 is 10.0 Å². The van der Waals surface area contributed by atoms with E-state index in [-0.39, 0.29) is 29.0 Å². The Hall–Kier alpha value is -3.82. The molecule has 2 rings (SSSR count). The first-order chi connectivity index (χ1) is 14.8. The van der Waals surface area contributed by atoms with Gasteiger partial charge in [-0.25, -0.2) is 13.1 Å². The number of rotatable bonds is 8. The molecule has 1 aromatic carbocycles. The Balaban J connectivity index is 0.00000242. The maximum Gasteiger partial charge on any atom is 0.290 e. The van der Waals surface area contributed by atoms with E-state index >= 15 is 0 Å². The third-order valence-electron chi connectivity index (χ3n) is 5.18. The largest absolute Gasteiger partial charge is 0.528 e. The van der Waals surface area contributed by atoms with Crippen molar-refractivity contribution in [3.63, 3.8) is 0 Å². The normalized spacial score (nSPS) is 15.0.